The SMILES string of the molecule is CN(C)CCNc1cc(-c2ccc(N3CCC(CCCC4CCNCC4)CC3)cc2)nc2ccccc12. The smallest absolute Gasteiger partial charge is 0.0730 e. The summed E-state index contributed by atoms with van der Waals surface area (Å²) in [6.45, 7) is 6.74. The van der Waals surface area contributed by atoms with E-state index in [0.717, 1.165) is 41.8 Å². The van der Waals surface area contributed by atoms with Crippen molar-refractivity contribution in [3.05, 3.63) is 54.6 Å². The number of hydrogen-bond donors (Lipinski definition) is 2. The summed E-state index contributed by atoms with van der Waals surface area (Å²) in [7, 11) is 4.22. The van der Waals surface area contributed by atoms with Gasteiger partial charge < -0.3 is 20.4 Å². The van der Waals surface area contributed by atoms with Gasteiger partial charge in [0.25, 0.3) is 0 Å². The zero-order chi connectivity index (χ0) is 25.5. The lowest BCUT2D eigenvalue weighted by Crippen LogP contribution is -2.33. The van der Waals surface area contributed by atoms with Gasteiger partial charge >= 0.3 is 0 Å². The molecule has 3 aromatic rings. The first kappa shape index (κ1) is 26.0. The zero-order valence-corrected chi connectivity index (χ0v) is 22.9. The number of anilines is 2. The van der Waals surface area contributed by atoms with E-state index in [1.165, 1.54) is 87.8 Å². The highest BCUT2D eigenvalue weighted by Gasteiger charge is 2.20. The molecule has 2 fully saturated rings. The van der Waals surface area contributed by atoms with E-state index in [1.807, 2.05) is 0 Å². The number of para-hydroxylation sites is 1. The molecule has 0 atom stereocenters. The van der Waals surface area contributed by atoms with Gasteiger partial charge in [0.2, 0.25) is 0 Å². The fourth-order valence-electron chi connectivity index (χ4n) is 6.07. The molecule has 0 spiro atoms. The number of nitrogens with one attached hydrogen (secondary N) is 2. The molecule has 37 heavy (non-hydrogen) atoms. The summed E-state index contributed by atoms with van der Waals surface area (Å²) in [6.07, 6.45) is 9.74. The van der Waals surface area contributed by atoms with Crippen LogP contribution in [-0.2, 0) is 0 Å². The van der Waals surface area contributed by atoms with Crippen molar-refractivity contribution in [3.8, 4) is 11.3 Å². The number of pyridine rings is 1. The lowest BCUT2D eigenvalue weighted by Gasteiger charge is -2.34. The van der Waals surface area contributed by atoms with E-state index in [-0.39, 0.29) is 0 Å². The molecule has 5 rings (SSSR count). The molecular formula is C32H45N5. The van der Waals surface area contributed by atoms with Gasteiger partial charge in [-0.15, -0.1) is 0 Å². The van der Waals surface area contributed by atoms with Gasteiger partial charge in [0.15, 0.2) is 0 Å². The second kappa shape index (κ2) is 12.7. The lowest BCUT2D eigenvalue weighted by molar-refractivity contribution is 0.313. The monoisotopic (exact) mass is 499 g/mol. The van der Waals surface area contributed by atoms with Crippen LogP contribution in [0.3, 0.4) is 0 Å². The highest BCUT2D eigenvalue weighted by Crippen LogP contribution is 2.32. The number of hydrogen-bond acceptors (Lipinski definition) is 5. The van der Waals surface area contributed by atoms with Crippen LogP contribution in [0.2, 0.25) is 0 Å². The molecule has 0 amide bonds. The number of fused-ring (bicyclic) bond motifs is 1. The van der Waals surface area contributed by atoms with Crippen LogP contribution in [-0.4, -0.2) is 63.2 Å². The van der Waals surface area contributed by atoms with E-state index in [0.29, 0.717) is 0 Å². The van der Waals surface area contributed by atoms with Crippen LogP contribution in [0.15, 0.2) is 54.6 Å². The predicted molar refractivity (Wildman–Crippen MR) is 159 cm³/mol. The Labute approximate surface area is 223 Å². The maximum absolute atomic E-state index is 5.00. The van der Waals surface area contributed by atoms with Crippen LogP contribution in [0.25, 0.3) is 22.2 Å². The van der Waals surface area contributed by atoms with Crippen LogP contribution in [0.4, 0.5) is 11.4 Å². The van der Waals surface area contributed by atoms with Crippen molar-refractivity contribution >= 4 is 22.3 Å². The molecule has 5 nitrogen and oxygen atoms in total. The van der Waals surface area contributed by atoms with E-state index in [9.17, 15) is 0 Å². The quantitative estimate of drug-likeness (QED) is 0.345. The van der Waals surface area contributed by atoms with Crippen LogP contribution < -0.4 is 15.5 Å². The highest BCUT2D eigenvalue weighted by atomic mass is 15.1. The Morgan fingerprint density at radius 3 is 2.35 bits per heavy atom. The summed E-state index contributed by atoms with van der Waals surface area (Å²) < 4.78 is 0. The van der Waals surface area contributed by atoms with Crippen molar-refractivity contribution in [2.75, 3.05) is 63.6 Å². The van der Waals surface area contributed by atoms with E-state index in [1.54, 1.807) is 0 Å². The van der Waals surface area contributed by atoms with Gasteiger partial charge in [-0.25, -0.2) is 4.98 Å². The van der Waals surface area contributed by atoms with Gasteiger partial charge in [0.05, 0.1) is 11.2 Å². The minimum absolute atomic E-state index is 0.910. The summed E-state index contributed by atoms with van der Waals surface area (Å²) in [4.78, 5) is 9.78. The molecule has 2 N–H and O–H groups in total. The maximum atomic E-state index is 5.00. The van der Waals surface area contributed by atoms with Gasteiger partial charge in [0.1, 0.15) is 0 Å². The number of aromatic nitrogens is 1. The molecule has 2 aromatic carbocycles. The largest absolute Gasteiger partial charge is 0.383 e. The number of rotatable bonds is 10. The van der Waals surface area contributed by atoms with Crippen molar-refractivity contribution in [2.24, 2.45) is 11.8 Å². The van der Waals surface area contributed by atoms with Gasteiger partial charge in [-0.3, -0.25) is 0 Å². The molecule has 5 heteroatoms. The third kappa shape index (κ3) is 7.03. The molecular weight excluding hydrogens is 454 g/mol. The first-order valence-electron chi connectivity index (χ1n) is 14.5. The van der Waals surface area contributed by atoms with E-state index in [2.05, 4.69) is 89.1 Å². The summed E-state index contributed by atoms with van der Waals surface area (Å²) in [5.41, 5.74) is 5.76. The van der Waals surface area contributed by atoms with Gasteiger partial charge in [-0.05, 0) is 89.0 Å². The number of likely N-dealkylation sites (N-methyl/N-ethyl adjacent to an activating group) is 1. The summed E-state index contributed by atoms with van der Waals surface area (Å²) >= 11 is 0. The van der Waals surface area contributed by atoms with Gasteiger partial charge in [-0.1, -0.05) is 49.6 Å². The molecule has 2 aliphatic heterocycles. The molecule has 0 bridgehead atoms. The minimum Gasteiger partial charge on any atom is -0.383 e. The topological polar surface area (TPSA) is 43.4 Å². The third-order valence-electron chi connectivity index (χ3n) is 8.42. The number of piperidine rings is 2. The Morgan fingerprint density at radius 1 is 0.919 bits per heavy atom. The fraction of sp³-hybridized carbons (Fsp3) is 0.531. The summed E-state index contributed by atoms with van der Waals surface area (Å²) in [5, 5.41) is 8.31. The Balaban J connectivity index is 1.18. The van der Waals surface area contributed by atoms with Gasteiger partial charge in [0, 0.05) is 48.5 Å². The molecule has 1 aromatic heterocycles. The van der Waals surface area contributed by atoms with Crippen molar-refractivity contribution in [1.82, 2.24) is 15.2 Å². The Bertz CT molecular complexity index is 1110. The van der Waals surface area contributed by atoms with E-state index < -0.39 is 0 Å². The summed E-state index contributed by atoms with van der Waals surface area (Å²) in [6, 6.07) is 19.7. The second-order valence-corrected chi connectivity index (χ2v) is 11.4. The van der Waals surface area contributed by atoms with Crippen LogP contribution in [0, 0.1) is 11.8 Å². The highest BCUT2D eigenvalue weighted by molar-refractivity contribution is 5.93. The van der Waals surface area contributed by atoms with Crippen LogP contribution in [0.5, 0.6) is 0 Å². The number of nitrogens with zero attached hydrogens (tertiary/aromatic N) is 3. The van der Waals surface area contributed by atoms with Crippen molar-refractivity contribution < 1.29 is 0 Å². The van der Waals surface area contributed by atoms with Crippen LogP contribution in [0.1, 0.15) is 44.9 Å². The van der Waals surface area contributed by atoms with Crippen LogP contribution >= 0.6 is 0 Å². The molecule has 2 aliphatic rings. The second-order valence-electron chi connectivity index (χ2n) is 11.4. The maximum Gasteiger partial charge on any atom is 0.0730 e. The van der Waals surface area contributed by atoms with Crippen molar-refractivity contribution in [3.63, 3.8) is 0 Å². The molecule has 198 valence electrons. The Hall–Kier alpha value is -2.63. The molecule has 0 aliphatic carbocycles. The minimum atomic E-state index is 0.910. The van der Waals surface area contributed by atoms with Crippen molar-refractivity contribution in [2.45, 2.75) is 44.9 Å². The molecule has 2 saturated heterocycles. The molecule has 0 unspecified atom stereocenters. The Kier molecular flexibility index (Phi) is 8.96. The first-order chi connectivity index (χ1) is 18.2. The first-order valence-corrected chi connectivity index (χ1v) is 14.5. The lowest BCUT2D eigenvalue weighted by atomic mass is 9.87. The average molecular weight is 500 g/mol. The predicted octanol–water partition coefficient (Wildman–Crippen LogP) is 6.26. The van der Waals surface area contributed by atoms with E-state index >= 15 is 0 Å². The van der Waals surface area contributed by atoms with E-state index in [4.69, 9.17) is 4.98 Å². The van der Waals surface area contributed by atoms with Crippen molar-refractivity contribution in [1.29, 1.82) is 0 Å². The van der Waals surface area contributed by atoms with Gasteiger partial charge in [-0.2, -0.15) is 0 Å². The standard InChI is InChI=1S/C32H45N5/c1-36(2)23-20-34-32-24-31(35-30-9-4-3-8-29(30)32)27-10-12-28(13-11-27)37-21-16-26(17-22-37)7-5-6-25-14-18-33-19-15-25/h3-4,8-13,24-26,33H,5-7,14-23H2,1-2H3,(H,34,35). The fourth-order valence-corrected chi connectivity index (χ4v) is 6.07. The third-order valence-corrected chi connectivity index (χ3v) is 8.42. The number of benzene rings is 2. The molecule has 0 saturated carbocycles. The normalized spacial score (nSPS) is 17.5. The Morgan fingerprint density at radius 2 is 1.62 bits per heavy atom. The molecule has 0 radical (unpaired) electrons. The molecule has 3 heterocycles. The zero-order valence-electron chi connectivity index (χ0n) is 22.9. The summed E-state index contributed by atoms with van der Waals surface area (Å²) in [5.74, 6) is 1.89. The average Bonchev–Trinajstić information content (AvgIpc) is 2.94.